The van der Waals surface area contributed by atoms with Crippen LogP contribution >= 0.6 is 0 Å². The fourth-order valence-electron chi connectivity index (χ4n) is 4.65. The van der Waals surface area contributed by atoms with Crippen molar-refractivity contribution < 1.29 is 23.9 Å². The smallest absolute Gasteiger partial charge is 0.337 e. The summed E-state index contributed by atoms with van der Waals surface area (Å²) in [6, 6.07) is 10.8. The van der Waals surface area contributed by atoms with E-state index in [1.807, 2.05) is 45.0 Å². The number of benzene rings is 2. The number of nitro benzene ring substituents is 1. The summed E-state index contributed by atoms with van der Waals surface area (Å²) in [5.74, 6) is -0.130. The van der Waals surface area contributed by atoms with Gasteiger partial charge in [0.1, 0.15) is 0 Å². The van der Waals surface area contributed by atoms with Crippen LogP contribution in [0.15, 0.2) is 36.4 Å². The third kappa shape index (κ3) is 11.0. The lowest BCUT2D eigenvalue weighted by Crippen LogP contribution is -2.09. The highest BCUT2D eigenvalue weighted by Gasteiger charge is 2.25. The van der Waals surface area contributed by atoms with Gasteiger partial charge >= 0.3 is 5.97 Å². The molecule has 0 aliphatic carbocycles. The summed E-state index contributed by atoms with van der Waals surface area (Å²) in [7, 11) is 4.31. The highest BCUT2D eigenvalue weighted by atomic mass is 16.7. The van der Waals surface area contributed by atoms with E-state index in [1.54, 1.807) is 6.07 Å². The molecule has 1 atom stereocenters. The number of nitro groups is 1. The van der Waals surface area contributed by atoms with Crippen LogP contribution in [0.4, 0.5) is 5.69 Å². The second-order valence-electron chi connectivity index (χ2n) is 9.69. The van der Waals surface area contributed by atoms with Crippen molar-refractivity contribution in [2.45, 2.75) is 100 Å². The van der Waals surface area contributed by atoms with Gasteiger partial charge in [0.05, 0.1) is 23.2 Å². The molecule has 0 bridgehead atoms. The number of allylic oxidation sites excluding steroid dienone is 2. The number of carbonyl (C=O) groups is 1. The number of carbonyl (C=O) groups excluding carboxylic acids is 1. The number of esters is 1. The maximum Gasteiger partial charge on any atom is 0.337 e. The van der Waals surface area contributed by atoms with Gasteiger partial charge in [0, 0.05) is 20.3 Å². The normalized spacial score (nSPS) is 11.9. The van der Waals surface area contributed by atoms with E-state index in [-0.39, 0.29) is 17.6 Å². The first-order chi connectivity index (χ1) is 19.6. The molecular formula is C34H53NO6. The average molecular weight is 572 g/mol. The molecule has 0 aromatic heterocycles. The van der Waals surface area contributed by atoms with Crippen molar-refractivity contribution in [1.82, 2.24) is 0 Å². The maximum absolute atomic E-state index is 12.1. The van der Waals surface area contributed by atoms with Gasteiger partial charge in [0.25, 0.3) is 5.69 Å². The molecule has 0 saturated carbocycles. The van der Waals surface area contributed by atoms with Gasteiger partial charge in [-0.3, -0.25) is 10.1 Å². The summed E-state index contributed by atoms with van der Waals surface area (Å²) < 4.78 is 15.7. The number of ether oxygens (including phenoxy) is 3. The molecule has 7 nitrogen and oxygen atoms in total. The zero-order chi connectivity index (χ0) is 31.5. The molecule has 2 aromatic rings. The topological polar surface area (TPSA) is 87.9 Å². The summed E-state index contributed by atoms with van der Waals surface area (Å²) >= 11 is 0. The first kappa shape index (κ1) is 38.0. The number of rotatable bonds is 13. The molecule has 230 valence electrons. The number of hydrogen-bond donors (Lipinski definition) is 0. The monoisotopic (exact) mass is 571 g/mol. The minimum Gasteiger partial charge on any atom is -0.465 e. The zero-order valence-electron chi connectivity index (χ0n) is 27.3. The Bertz CT molecular complexity index is 1100. The predicted octanol–water partition coefficient (Wildman–Crippen LogP) is 9.96. The highest BCUT2D eigenvalue weighted by Crippen LogP contribution is 2.40. The molecule has 41 heavy (non-hydrogen) atoms. The second-order valence-corrected chi connectivity index (χ2v) is 9.69. The number of unbranched alkanes of at least 4 members (excludes halogenated alkanes) is 1. The first-order valence-electron chi connectivity index (χ1n) is 14.9. The molecule has 0 heterocycles. The van der Waals surface area contributed by atoms with Crippen molar-refractivity contribution in [1.29, 1.82) is 0 Å². The van der Waals surface area contributed by atoms with E-state index in [0.29, 0.717) is 11.1 Å². The van der Waals surface area contributed by atoms with Crippen LogP contribution in [0, 0.1) is 23.0 Å². The Morgan fingerprint density at radius 3 is 1.90 bits per heavy atom. The van der Waals surface area contributed by atoms with Crippen LogP contribution in [0.25, 0.3) is 11.1 Å². The Labute approximate surface area is 248 Å². The Morgan fingerprint density at radius 2 is 1.46 bits per heavy atom. The summed E-state index contributed by atoms with van der Waals surface area (Å²) in [6.45, 7) is 16.8. The number of methoxy groups -OCH3 is 3. The van der Waals surface area contributed by atoms with E-state index in [1.165, 1.54) is 45.8 Å². The fourth-order valence-corrected chi connectivity index (χ4v) is 4.65. The second kappa shape index (κ2) is 20.8. The van der Waals surface area contributed by atoms with Gasteiger partial charge in [-0.2, -0.15) is 0 Å². The molecule has 0 radical (unpaired) electrons. The van der Waals surface area contributed by atoms with Crippen molar-refractivity contribution in [3.05, 3.63) is 74.3 Å². The SMILES string of the molecule is CC.CCC/C(=C(\c1ccc(C(=O)OC)cc1C)C(C)CCC)c1ccc([N+](=O)[O-])c(C(OC)OC)c1.CCCC. The third-order valence-corrected chi connectivity index (χ3v) is 6.73. The van der Waals surface area contributed by atoms with E-state index in [4.69, 9.17) is 14.2 Å². The summed E-state index contributed by atoms with van der Waals surface area (Å²) in [6.07, 6.45) is 5.49. The van der Waals surface area contributed by atoms with Crippen molar-refractivity contribution in [2.24, 2.45) is 5.92 Å². The van der Waals surface area contributed by atoms with Gasteiger partial charge in [0.2, 0.25) is 0 Å². The molecule has 2 rings (SSSR count). The molecule has 0 fully saturated rings. The maximum atomic E-state index is 12.1. The van der Waals surface area contributed by atoms with Crippen LogP contribution in [0.3, 0.4) is 0 Å². The van der Waals surface area contributed by atoms with Crippen LogP contribution < -0.4 is 0 Å². The summed E-state index contributed by atoms with van der Waals surface area (Å²) in [4.78, 5) is 23.4. The van der Waals surface area contributed by atoms with Crippen LogP contribution in [-0.4, -0.2) is 32.2 Å². The van der Waals surface area contributed by atoms with Gasteiger partial charge in [-0.15, -0.1) is 0 Å². The molecule has 7 heteroatoms. The van der Waals surface area contributed by atoms with Crippen LogP contribution in [0.5, 0.6) is 0 Å². The average Bonchev–Trinajstić information content (AvgIpc) is 2.98. The lowest BCUT2D eigenvalue weighted by Gasteiger charge is -2.24. The largest absolute Gasteiger partial charge is 0.465 e. The van der Waals surface area contributed by atoms with E-state index >= 15 is 0 Å². The van der Waals surface area contributed by atoms with Gasteiger partial charge in [-0.05, 0) is 77.8 Å². The van der Waals surface area contributed by atoms with Gasteiger partial charge in [0.15, 0.2) is 6.29 Å². The van der Waals surface area contributed by atoms with Gasteiger partial charge < -0.3 is 14.2 Å². The van der Waals surface area contributed by atoms with E-state index < -0.39 is 11.2 Å². The molecule has 1 unspecified atom stereocenters. The van der Waals surface area contributed by atoms with Crippen LogP contribution in [-0.2, 0) is 14.2 Å². The molecule has 0 aliphatic rings. The Balaban J connectivity index is 0.00000244. The van der Waals surface area contributed by atoms with Gasteiger partial charge in [-0.1, -0.05) is 80.2 Å². The Morgan fingerprint density at radius 1 is 0.878 bits per heavy atom. The molecule has 2 aromatic carbocycles. The summed E-state index contributed by atoms with van der Waals surface area (Å²) in [5, 5.41) is 11.7. The first-order valence-corrected chi connectivity index (χ1v) is 14.9. The standard InChI is InChI=1S/C28H37NO6.C4H10.C2H6/c1-8-10-18(3)26(22-14-12-21(16-19(22)4)27(30)33-5)23(11-9-2)20-13-15-25(29(31)32)24(17-20)28(34-6)35-7;1-3-4-2;1-2/h12-18,28H,8-11H2,1-7H3;3-4H2,1-2H3;1-2H3/b26-23+;;. The van der Waals surface area contributed by atoms with Crippen LogP contribution in [0.1, 0.15) is 126 Å². The lowest BCUT2D eigenvalue weighted by atomic mass is 9.81. The van der Waals surface area contributed by atoms with E-state index in [9.17, 15) is 14.9 Å². The fraction of sp³-hybridized carbons (Fsp3) is 0.559. The highest BCUT2D eigenvalue weighted by molar-refractivity contribution is 5.95. The quantitative estimate of drug-likeness (QED) is 0.0781. The van der Waals surface area contributed by atoms with Crippen LogP contribution in [0.2, 0.25) is 0 Å². The Kier molecular flexibility index (Phi) is 19.3. The molecular weight excluding hydrogens is 518 g/mol. The van der Waals surface area contributed by atoms with Crippen molar-refractivity contribution in [3.8, 4) is 0 Å². The van der Waals surface area contributed by atoms with Gasteiger partial charge in [-0.25, -0.2) is 4.79 Å². The molecule has 0 spiro atoms. The van der Waals surface area contributed by atoms with Crippen molar-refractivity contribution in [3.63, 3.8) is 0 Å². The van der Waals surface area contributed by atoms with Crippen molar-refractivity contribution in [2.75, 3.05) is 21.3 Å². The predicted molar refractivity (Wildman–Crippen MR) is 170 cm³/mol. The molecule has 0 saturated heterocycles. The molecule has 0 amide bonds. The van der Waals surface area contributed by atoms with E-state index in [0.717, 1.165) is 47.9 Å². The zero-order valence-corrected chi connectivity index (χ0v) is 27.3. The van der Waals surface area contributed by atoms with Crippen molar-refractivity contribution >= 4 is 22.8 Å². The minimum atomic E-state index is -0.851. The molecule has 0 N–H and O–H groups in total. The number of nitrogens with zero attached hydrogens (tertiary/aromatic N) is 1. The number of hydrogen-bond acceptors (Lipinski definition) is 6. The molecule has 0 aliphatic heterocycles. The Hall–Kier alpha value is -3.03. The third-order valence-electron chi connectivity index (χ3n) is 6.73. The van der Waals surface area contributed by atoms with E-state index in [2.05, 4.69) is 34.6 Å². The summed E-state index contributed by atoms with van der Waals surface area (Å²) in [5.41, 5.74) is 6.12. The lowest BCUT2D eigenvalue weighted by molar-refractivity contribution is -0.387. The minimum absolute atomic E-state index is 0.0416. The number of aryl methyl sites for hydroxylation is 1.